The normalized spacial score (nSPS) is 26.6. The van der Waals surface area contributed by atoms with Gasteiger partial charge in [0.2, 0.25) is 0 Å². The fourth-order valence-electron chi connectivity index (χ4n) is 3.79. The maximum atomic E-state index is 12.9. The minimum absolute atomic E-state index is 0.0901. The number of aromatic nitrogens is 2. The lowest BCUT2D eigenvalue weighted by atomic mass is 9.75. The highest BCUT2D eigenvalue weighted by Gasteiger charge is 2.52. The zero-order chi connectivity index (χ0) is 15.9. The van der Waals surface area contributed by atoms with Crippen LogP contribution in [0.1, 0.15) is 50.3 Å². The minimum Gasteiger partial charge on any atom is -0.323 e. The smallest absolute Gasteiger partial charge is 0.323 e. The third kappa shape index (κ3) is 2.40. The lowest BCUT2D eigenvalue weighted by Crippen LogP contribution is -2.51. The number of aryl methyl sites for hydroxylation is 2. The van der Waals surface area contributed by atoms with Crippen LogP contribution in [0.25, 0.3) is 0 Å². The number of rotatable bonds is 3. The molecule has 1 N–H and O–H groups in total. The van der Waals surface area contributed by atoms with Crippen molar-refractivity contribution in [1.82, 2.24) is 20.0 Å². The van der Waals surface area contributed by atoms with Crippen LogP contribution >= 0.6 is 0 Å². The van der Waals surface area contributed by atoms with Gasteiger partial charge in [0.25, 0.3) is 5.91 Å². The van der Waals surface area contributed by atoms with Gasteiger partial charge < -0.3 is 5.32 Å². The summed E-state index contributed by atoms with van der Waals surface area (Å²) < 4.78 is 1.71. The topological polar surface area (TPSA) is 67.2 Å². The molecule has 1 aliphatic carbocycles. The van der Waals surface area contributed by atoms with Gasteiger partial charge in [-0.15, -0.1) is 0 Å². The van der Waals surface area contributed by atoms with E-state index in [2.05, 4.69) is 10.4 Å². The van der Waals surface area contributed by atoms with Gasteiger partial charge in [-0.05, 0) is 32.6 Å². The third-order valence-electron chi connectivity index (χ3n) is 5.17. The van der Waals surface area contributed by atoms with Crippen molar-refractivity contribution in [3.05, 3.63) is 17.5 Å². The lowest BCUT2D eigenvalue weighted by molar-refractivity contribution is -0.133. The van der Waals surface area contributed by atoms with E-state index in [1.807, 2.05) is 27.1 Å². The zero-order valence-corrected chi connectivity index (χ0v) is 13.6. The molecule has 1 saturated carbocycles. The van der Waals surface area contributed by atoms with Gasteiger partial charge in [0.1, 0.15) is 5.54 Å². The number of hydrogen-bond donors (Lipinski definition) is 1. The second-order valence-corrected chi connectivity index (χ2v) is 6.77. The Morgan fingerprint density at radius 1 is 1.32 bits per heavy atom. The van der Waals surface area contributed by atoms with Crippen LogP contribution in [-0.2, 0) is 18.4 Å². The molecule has 6 heteroatoms. The van der Waals surface area contributed by atoms with E-state index in [0.29, 0.717) is 6.54 Å². The van der Waals surface area contributed by atoms with E-state index in [1.165, 1.54) is 11.3 Å². The van der Waals surface area contributed by atoms with Crippen molar-refractivity contribution in [3.63, 3.8) is 0 Å². The molecule has 1 aromatic heterocycles. The van der Waals surface area contributed by atoms with Crippen LogP contribution in [0.4, 0.5) is 4.79 Å². The van der Waals surface area contributed by atoms with Gasteiger partial charge in [0, 0.05) is 18.8 Å². The van der Waals surface area contributed by atoms with Crippen LogP contribution < -0.4 is 5.32 Å². The van der Waals surface area contributed by atoms with Crippen LogP contribution in [0.3, 0.4) is 0 Å². The fourth-order valence-corrected chi connectivity index (χ4v) is 3.79. The quantitative estimate of drug-likeness (QED) is 0.870. The molecule has 0 radical (unpaired) electrons. The molecule has 3 amide bonds. The van der Waals surface area contributed by atoms with Gasteiger partial charge in [-0.25, -0.2) is 4.79 Å². The van der Waals surface area contributed by atoms with Gasteiger partial charge >= 0.3 is 6.03 Å². The Labute approximate surface area is 130 Å². The molecule has 1 unspecified atom stereocenters. The molecule has 22 heavy (non-hydrogen) atoms. The highest BCUT2D eigenvalue weighted by molar-refractivity contribution is 6.06. The second-order valence-electron chi connectivity index (χ2n) is 6.77. The summed E-state index contributed by atoms with van der Waals surface area (Å²) in [7, 11) is 1.84. The summed E-state index contributed by atoms with van der Waals surface area (Å²) in [6, 6.07) is -0.277. The van der Waals surface area contributed by atoms with E-state index in [-0.39, 0.29) is 17.9 Å². The summed E-state index contributed by atoms with van der Waals surface area (Å²) in [6.45, 7) is 4.08. The number of nitrogens with one attached hydrogen (secondary N) is 1. The van der Waals surface area contributed by atoms with E-state index < -0.39 is 5.54 Å². The summed E-state index contributed by atoms with van der Waals surface area (Å²) >= 11 is 0. The molecule has 1 aliphatic heterocycles. The van der Waals surface area contributed by atoms with Crippen molar-refractivity contribution in [1.29, 1.82) is 0 Å². The maximum absolute atomic E-state index is 12.9. The van der Waals surface area contributed by atoms with Crippen molar-refractivity contribution >= 4 is 11.9 Å². The van der Waals surface area contributed by atoms with Crippen molar-refractivity contribution in [3.8, 4) is 0 Å². The Hall–Kier alpha value is -1.85. The number of carbonyl (C=O) groups is 2. The van der Waals surface area contributed by atoms with Crippen LogP contribution in [0, 0.1) is 12.8 Å². The average Bonchev–Trinajstić information content (AvgIpc) is 2.92. The molecule has 2 fully saturated rings. The predicted octanol–water partition coefficient (Wildman–Crippen LogP) is 2.12. The molecule has 0 aromatic carbocycles. The van der Waals surface area contributed by atoms with E-state index in [1.54, 1.807) is 4.68 Å². The molecular weight excluding hydrogens is 280 g/mol. The summed E-state index contributed by atoms with van der Waals surface area (Å²) in [5.41, 5.74) is 1.03. The Bertz CT molecular complexity index is 603. The van der Waals surface area contributed by atoms with Crippen molar-refractivity contribution < 1.29 is 9.59 Å². The SMILES string of the molecule is Cc1nn(C)cc1CN1C(=O)NC(C)(C2CCCCC2)C1=O. The van der Waals surface area contributed by atoms with Crippen molar-refractivity contribution in [2.24, 2.45) is 13.0 Å². The molecule has 3 rings (SSSR count). The highest BCUT2D eigenvalue weighted by atomic mass is 16.2. The Balaban J connectivity index is 1.80. The number of imide groups is 1. The molecule has 120 valence electrons. The highest BCUT2D eigenvalue weighted by Crippen LogP contribution is 2.36. The number of hydrogen-bond acceptors (Lipinski definition) is 3. The van der Waals surface area contributed by atoms with E-state index >= 15 is 0 Å². The van der Waals surface area contributed by atoms with Crippen molar-refractivity contribution in [2.45, 2.75) is 58.0 Å². The molecule has 2 aliphatic rings. The Morgan fingerprint density at radius 3 is 2.59 bits per heavy atom. The first-order valence-corrected chi connectivity index (χ1v) is 8.05. The largest absolute Gasteiger partial charge is 0.325 e. The molecule has 1 atom stereocenters. The molecule has 2 heterocycles. The van der Waals surface area contributed by atoms with Gasteiger partial charge in [0.05, 0.1) is 12.2 Å². The predicted molar refractivity (Wildman–Crippen MR) is 82.0 cm³/mol. The summed E-state index contributed by atoms with van der Waals surface area (Å²) in [6.07, 6.45) is 7.42. The summed E-state index contributed by atoms with van der Waals surface area (Å²) in [4.78, 5) is 26.6. The number of urea groups is 1. The van der Waals surface area contributed by atoms with Crippen molar-refractivity contribution in [2.75, 3.05) is 0 Å². The van der Waals surface area contributed by atoms with E-state index in [9.17, 15) is 9.59 Å². The number of nitrogens with zero attached hydrogens (tertiary/aromatic N) is 3. The molecule has 0 bridgehead atoms. The van der Waals surface area contributed by atoms with Crippen LogP contribution in [0.2, 0.25) is 0 Å². The second kappa shape index (κ2) is 5.41. The maximum Gasteiger partial charge on any atom is 0.325 e. The Kier molecular flexibility index (Phi) is 3.70. The molecular formula is C16H24N4O2. The number of amides is 3. The molecule has 1 saturated heterocycles. The first-order valence-electron chi connectivity index (χ1n) is 8.05. The standard InChI is InChI=1S/C16H24N4O2/c1-11-12(9-19(3)18-11)10-20-14(21)16(2,17-15(20)22)13-7-5-4-6-8-13/h9,13H,4-8,10H2,1-3H3,(H,17,22). The van der Waals surface area contributed by atoms with Crippen LogP contribution in [-0.4, -0.2) is 32.2 Å². The van der Waals surface area contributed by atoms with E-state index in [0.717, 1.165) is 36.9 Å². The van der Waals surface area contributed by atoms with Gasteiger partial charge in [-0.2, -0.15) is 5.10 Å². The lowest BCUT2D eigenvalue weighted by Gasteiger charge is -2.34. The summed E-state index contributed by atoms with van der Waals surface area (Å²) in [5, 5.41) is 7.23. The number of carbonyl (C=O) groups excluding carboxylic acids is 2. The average molecular weight is 304 g/mol. The Morgan fingerprint density at radius 2 is 2.00 bits per heavy atom. The van der Waals surface area contributed by atoms with Crippen LogP contribution in [0.5, 0.6) is 0 Å². The molecule has 1 aromatic rings. The monoisotopic (exact) mass is 304 g/mol. The minimum atomic E-state index is -0.742. The van der Waals surface area contributed by atoms with Crippen LogP contribution in [0.15, 0.2) is 6.20 Å². The van der Waals surface area contributed by atoms with E-state index in [4.69, 9.17) is 0 Å². The first-order chi connectivity index (χ1) is 10.4. The van der Waals surface area contributed by atoms with Gasteiger partial charge in [0.15, 0.2) is 0 Å². The third-order valence-corrected chi connectivity index (χ3v) is 5.17. The summed E-state index contributed by atoms with van der Waals surface area (Å²) in [5.74, 6) is 0.158. The molecule has 6 nitrogen and oxygen atoms in total. The fraction of sp³-hybridized carbons (Fsp3) is 0.688. The van der Waals surface area contributed by atoms with Gasteiger partial charge in [-0.3, -0.25) is 14.4 Å². The molecule has 0 spiro atoms. The van der Waals surface area contributed by atoms with Gasteiger partial charge in [-0.1, -0.05) is 19.3 Å². The first kappa shape index (κ1) is 15.1. The zero-order valence-electron chi connectivity index (χ0n) is 13.6.